The van der Waals surface area contributed by atoms with Crippen molar-refractivity contribution >= 4 is 0 Å². The molecule has 6 heteroatoms. The summed E-state index contributed by atoms with van der Waals surface area (Å²) in [5, 5.41) is 19.8. The van der Waals surface area contributed by atoms with E-state index in [1.807, 2.05) is 6.92 Å². The predicted octanol–water partition coefficient (Wildman–Crippen LogP) is 5.40. The fourth-order valence-corrected chi connectivity index (χ4v) is 7.52. The van der Waals surface area contributed by atoms with Crippen LogP contribution in [-0.2, 0) is 4.74 Å². The average Bonchev–Trinajstić information content (AvgIpc) is 2.98. The summed E-state index contributed by atoms with van der Waals surface area (Å²) in [7, 11) is 0. The van der Waals surface area contributed by atoms with Gasteiger partial charge in [0.2, 0.25) is 0 Å². The maximum atomic E-state index is 12.6. The molecular formula is C24H37F3O3. The van der Waals surface area contributed by atoms with Crippen molar-refractivity contribution in [3.63, 3.8) is 0 Å². The van der Waals surface area contributed by atoms with Crippen molar-refractivity contribution in [3.05, 3.63) is 11.6 Å². The molecule has 0 heterocycles. The largest absolute Gasteiger partial charge is 0.414 e. The molecule has 0 aromatic carbocycles. The number of alkyl halides is 3. The fraction of sp³-hybridized carbons (Fsp3) is 0.917. The Morgan fingerprint density at radius 2 is 1.83 bits per heavy atom. The third-order valence-electron chi connectivity index (χ3n) is 9.38. The van der Waals surface area contributed by atoms with Crippen LogP contribution in [0.25, 0.3) is 0 Å². The van der Waals surface area contributed by atoms with Gasteiger partial charge in [-0.1, -0.05) is 25.5 Å². The zero-order valence-electron chi connectivity index (χ0n) is 18.5. The van der Waals surface area contributed by atoms with Gasteiger partial charge in [0.25, 0.3) is 0 Å². The zero-order valence-corrected chi connectivity index (χ0v) is 18.5. The van der Waals surface area contributed by atoms with Crippen molar-refractivity contribution in [2.24, 2.45) is 28.6 Å². The second-order valence-electron chi connectivity index (χ2n) is 11.3. The highest BCUT2D eigenvalue weighted by atomic mass is 19.4. The smallest absolute Gasteiger partial charge is 0.390 e. The lowest BCUT2D eigenvalue weighted by Crippen LogP contribution is -2.52. The fourth-order valence-electron chi connectivity index (χ4n) is 7.52. The van der Waals surface area contributed by atoms with Crippen LogP contribution >= 0.6 is 0 Å². The first-order chi connectivity index (χ1) is 13.9. The first-order valence-corrected chi connectivity index (χ1v) is 11.7. The van der Waals surface area contributed by atoms with E-state index in [1.165, 1.54) is 5.57 Å². The lowest BCUT2D eigenvalue weighted by molar-refractivity contribution is -0.210. The van der Waals surface area contributed by atoms with Gasteiger partial charge in [0.15, 0.2) is 6.10 Å². The number of halogens is 3. The molecule has 4 aliphatic carbocycles. The molecule has 0 spiro atoms. The standard InChI is InChI=1S/C24H37F3O3/c1-21(29)11-12-22(2)15(14-21)4-5-16-17-6-7-20(23(17,3)10-8-18(16)22)30-13-9-19(28)24(25,26)27/h4,16-20,28-29H,5-14H2,1-3H3/t16?,17?,18?,19?,20-,21-,22-,23-/m0/s1. The monoisotopic (exact) mass is 430 g/mol. The van der Waals surface area contributed by atoms with Crippen LogP contribution in [0.15, 0.2) is 11.6 Å². The molecule has 2 N–H and O–H groups in total. The van der Waals surface area contributed by atoms with Crippen molar-refractivity contribution in [2.45, 2.75) is 103 Å². The zero-order chi connectivity index (χ0) is 21.9. The first-order valence-electron chi connectivity index (χ1n) is 11.7. The van der Waals surface area contributed by atoms with Crippen molar-refractivity contribution < 1.29 is 28.1 Å². The minimum absolute atomic E-state index is 0.00617. The summed E-state index contributed by atoms with van der Waals surface area (Å²) >= 11 is 0. The number of fused-ring (bicyclic) bond motifs is 5. The van der Waals surface area contributed by atoms with Crippen LogP contribution in [0.3, 0.4) is 0 Å². The quantitative estimate of drug-likeness (QED) is 0.587. The molecule has 0 bridgehead atoms. The van der Waals surface area contributed by atoms with E-state index in [0.29, 0.717) is 17.8 Å². The Kier molecular flexibility index (Phi) is 5.64. The molecule has 4 unspecified atom stereocenters. The molecule has 3 saturated carbocycles. The van der Waals surface area contributed by atoms with Crippen LogP contribution in [0.4, 0.5) is 13.2 Å². The van der Waals surface area contributed by atoms with E-state index in [2.05, 4.69) is 19.9 Å². The Balaban J connectivity index is 1.44. The Morgan fingerprint density at radius 1 is 1.10 bits per heavy atom. The van der Waals surface area contributed by atoms with E-state index >= 15 is 0 Å². The highest BCUT2D eigenvalue weighted by Crippen LogP contribution is 2.65. The average molecular weight is 431 g/mol. The summed E-state index contributed by atoms with van der Waals surface area (Å²) in [5.41, 5.74) is 1.03. The second kappa shape index (κ2) is 7.48. The summed E-state index contributed by atoms with van der Waals surface area (Å²) in [4.78, 5) is 0. The Morgan fingerprint density at radius 3 is 2.53 bits per heavy atom. The molecule has 4 aliphatic rings. The van der Waals surface area contributed by atoms with E-state index in [-0.39, 0.29) is 23.5 Å². The molecule has 3 nitrogen and oxygen atoms in total. The number of rotatable bonds is 4. The summed E-state index contributed by atoms with van der Waals surface area (Å²) < 4.78 is 43.7. The predicted molar refractivity (Wildman–Crippen MR) is 109 cm³/mol. The molecular weight excluding hydrogens is 393 g/mol. The number of allylic oxidation sites excluding steroid dienone is 1. The van der Waals surface area contributed by atoms with Crippen LogP contribution in [-0.4, -0.2) is 40.8 Å². The lowest BCUT2D eigenvalue weighted by atomic mass is 9.47. The van der Waals surface area contributed by atoms with Gasteiger partial charge in [0.05, 0.1) is 11.7 Å². The van der Waals surface area contributed by atoms with Gasteiger partial charge in [-0.25, -0.2) is 0 Å². The van der Waals surface area contributed by atoms with E-state index < -0.39 is 24.3 Å². The molecule has 30 heavy (non-hydrogen) atoms. The minimum atomic E-state index is -4.57. The maximum Gasteiger partial charge on any atom is 0.414 e. The van der Waals surface area contributed by atoms with Crippen molar-refractivity contribution in [2.75, 3.05) is 6.61 Å². The highest BCUT2D eigenvalue weighted by molar-refractivity contribution is 5.26. The van der Waals surface area contributed by atoms with Gasteiger partial charge in [0, 0.05) is 13.0 Å². The van der Waals surface area contributed by atoms with E-state index in [0.717, 1.165) is 51.4 Å². The van der Waals surface area contributed by atoms with E-state index in [1.54, 1.807) is 0 Å². The van der Waals surface area contributed by atoms with E-state index in [4.69, 9.17) is 4.74 Å². The van der Waals surface area contributed by atoms with Gasteiger partial charge in [-0.15, -0.1) is 0 Å². The third-order valence-corrected chi connectivity index (χ3v) is 9.38. The van der Waals surface area contributed by atoms with Gasteiger partial charge in [-0.3, -0.25) is 0 Å². The summed E-state index contributed by atoms with van der Waals surface area (Å²) in [6, 6.07) is 0. The van der Waals surface area contributed by atoms with Crippen molar-refractivity contribution in [1.29, 1.82) is 0 Å². The minimum Gasteiger partial charge on any atom is -0.390 e. The van der Waals surface area contributed by atoms with Crippen LogP contribution in [0.5, 0.6) is 0 Å². The SMILES string of the molecule is C[C@]1(O)CC[C@@]2(C)C(=CCC3C2CC[C@@]2(C)C3CC[C@@H]2OCCC(O)C(F)(F)F)C1. The second-order valence-corrected chi connectivity index (χ2v) is 11.3. The third kappa shape index (κ3) is 3.75. The Bertz CT molecular complexity index is 688. The van der Waals surface area contributed by atoms with Gasteiger partial charge in [-0.2, -0.15) is 13.2 Å². The summed E-state index contributed by atoms with van der Waals surface area (Å²) in [6.07, 6.45) is 2.95. The van der Waals surface area contributed by atoms with Gasteiger partial charge >= 0.3 is 6.18 Å². The topological polar surface area (TPSA) is 49.7 Å². The molecule has 4 rings (SSSR count). The van der Waals surface area contributed by atoms with Gasteiger partial charge in [-0.05, 0) is 86.9 Å². The van der Waals surface area contributed by atoms with Crippen molar-refractivity contribution in [1.82, 2.24) is 0 Å². The molecule has 8 atom stereocenters. The van der Waals surface area contributed by atoms with E-state index in [9.17, 15) is 23.4 Å². The summed E-state index contributed by atoms with van der Waals surface area (Å²) in [6.45, 7) is 6.58. The molecule has 3 fully saturated rings. The molecule has 0 radical (unpaired) electrons. The molecule has 0 saturated heterocycles. The van der Waals surface area contributed by atoms with Gasteiger partial charge < -0.3 is 14.9 Å². The molecule has 0 aromatic rings. The lowest BCUT2D eigenvalue weighted by Gasteiger charge is -2.58. The van der Waals surface area contributed by atoms with Crippen LogP contribution < -0.4 is 0 Å². The number of hydrogen-bond donors (Lipinski definition) is 2. The molecule has 172 valence electrons. The van der Waals surface area contributed by atoms with Crippen molar-refractivity contribution in [3.8, 4) is 0 Å². The number of ether oxygens (including phenoxy) is 1. The molecule has 0 aromatic heterocycles. The van der Waals surface area contributed by atoms with Gasteiger partial charge in [0.1, 0.15) is 0 Å². The van der Waals surface area contributed by atoms with Crippen LogP contribution in [0.1, 0.15) is 78.6 Å². The Hall–Kier alpha value is -0.590. The number of aliphatic hydroxyl groups excluding tert-OH is 1. The summed E-state index contributed by atoms with van der Waals surface area (Å²) in [5.74, 6) is 1.75. The number of aliphatic hydroxyl groups is 2. The molecule has 0 aliphatic heterocycles. The first kappa shape index (κ1) is 22.6. The normalized spacial score (nSPS) is 47.1. The number of hydrogen-bond acceptors (Lipinski definition) is 3. The Labute approximate surface area is 178 Å². The maximum absolute atomic E-state index is 12.6. The van der Waals surface area contributed by atoms with Crippen LogP contribution in [0.2, 0.25) is 0 Å². The highest BCUT2D eigenvalue weighted by Gasteiger charge is 2.59. The van der Waals surface area contributed by atoms with Crippen LogP contribution in [0, 0.1) is 28.6 Å². The molecule has 0 amide bonds.